The van der Waals surface area contributed by atoms with Crippen molar-refractivity contribution >= 4 is 10.0 Å². The Morgan fingerprint density at radius 1 is 1.33 bits per heavy atom. The molecule has 0 radical (unpaired) electrons. The molecule has 4 nitrogen and oxygen atoms in total. The Bertz CT molecular complexity index is 445. The van der Waals surface area contributed by atoms with Gasteiger partial charge in [0.2, 0.25) is 10.0 Å². The lowest BCUT2D eigenvalue weighted by atomic mass is 10.2. The SMILES string of the molecule is CNCc1ccc(F)cc1S(=O)(=O)NC. The van der Waals surface area contributed by atoms with Crippen LogP contribution in [-0.2, 0) is 16.6 Å². The molecule has 0 saturated heterocycles. The van der Waals surface area contributed by atoms with Gasteiger partial charge in [-0.15, -0.1) is 0 Å². The summed E-state index contributed by atoms with van der Waals surface area (Å²) >= 11 is 0. The van der Waals surface area contributed by atoms with E-state index in [-0.39, 0.29) is 4.90 Å². The van der Waals surface area contributed by atoms with Gasteiger partial charge >= 0.3 is 0 Å². The van der Waals surface area contributed by atoms with Gasteiger partial charge in [-0.05, 0) is 31.8 Å². The molecule has 0 heterocycles. The van der Waals surface area contributed by atoms with Gasteiger partial charge in [0.05, 0.1) is 4.90 Å². The third-order valence-electron chi connectivity index (χ3n) is 1.95. The van der Waals surface area contributed by atoms with E-state index in [1.165, 1.54) is 19.2 Å². The second-order valence-electron chi connectivity index (χ2n) is 2.99. The molecule has 0 amide bonds. The van der Waals surface area contributed by atoms with Gasteiger partial charge in [-0.3, -0.25) is 0 Å². The van der Waals surface area contributed by atoms with Gasteiger partial charge in [-0.1, -0.05) is 6.07 Å². The summed E-state index contributed by atoms with van der Waals surface area (Å²) < 4.78 is 38.2. The first-order chi connectivity index (χ1) is 7.01. The van der Waals surface area contributed by atoms with Gasteiger partial charge in [-0.25, -0.2) is 17.5 Å². The minimum Gasteiger partial charge on any atom is -0.316 e. The third-order valence-corrected chi connectivity index (χ3v) is 3.45. The van der Waals surface area contributed by atoms with Crippen LogP contribution in [0.25, 0.3) is 0 Å². The molecule has 0 aliphatic rings. The number of hydrogen-bond acceptors (Lipinski definition) is 3. The monoisotopic (exact) mass is 232 g/mol. The van der Waals surface area contributed by atoms with Crippen molar-refractivity contribution in [1.29, 1.82) is 0 Å². The number of sulfonamides is 1. The summed E-state index contributed by atoms with van der Waals surface area (Å²) in [5, 5.41) is 2.83. The van der Waals surface area contributed by atoms with Crippen molar-refractivity contribution in [3.63, 3.8) is 0 Å². The average Bonchev–Trinajstić information content (AvgIpc) is 2.21. The third kappa shape index (κ3) is 2.74. The van der Waals surface area contributed by atoms with Crippen molar-refractivity contribution in [2.75, 3.05) is 14.1 Å². The van der Waals surface area contributed by atoms with E-state index >= 15 is 0 Å². The predicted molar refractivity (Wildman–Crippen MR) is 55.4 cm³/mol. The maximum absolute atomic E-state index is 12.9. The summed E-state index contributed by atoms with van der Waals surface area (Å²) in [6.45, 7) is 0.372. The standard InChI is InChI=1S/C9H13FN2O2S/c1-11-6-7-3-4-8(10)5-9(7)15(13,14)12-2/h3-5,11-12H,6H2,1-2H3. The molecule has 1 rings (SSSR count). The Kier molecular flexibility index (Phi) is 3.78. The molecule has 0 atom stereocenters. The number of rotatable bonds is 4. The second kappa shape index (κ2) is 4.69. The molecule has 0 bridgehead atoms. The van der Waals surface area contributed by atoms with Crippen molar-refractivity contribution in [2.24, 2.45) is 0 Å². The van der Waals surface area contributed by atoms with Gasteiger partial charge in [0.1, 0.15) is 5.82 Å². The van der Waals surface area contributed by atoms with Crippen LogP contribution in [0.5, 0.6) is 0 Å². The van der Waals surface area contributed by atoms with E-state index in [1.807, 2.05) is 0 Å². The summed E-state index contributed by atoms with van der Waals surface area (Å²) in [7, 11) is -0.615. The summed E-state index contributed by atoms with van der Waals surface area (Å²) in [4.78, 5) is -0.0284. The Labute approximate surface area is 88.6 Å². The smallest absolute Gasteiger partial charge is 0.240 e. The normalized spacial score (nSPS) is 11.7. The molecule has 0 aliphatic carbocycles. The largest absolute Gasteiger partial charge is 0.316 e. The van der Waals surface area contributed by atoms with Crippen LogP contribution in [0, 0.1) is 5.82 Å². The molecule has 0 fully saturated rings. The van der Waals surface area contributed by atoms with Crippen LogP contribution in [0.15, 0.2) is 23.1 Å². The van der Waals surface area contributed by atoms with Crippen LogP contribution in [0.1, 0.15) is 5.56 Å². The maximum Gasteiger partial charge on any atom is 0.240 e. The van der Waals surface area contributed by atoms with Gasteiger partial charge in [0, 0.05) is 6.54 Å². The van der Waals surface area contributed by atoms with Crippen molar-refractivity contribution < 1.29 is 12.8 Å². The fraction of sp³-hybridized carbons (Fsp3) is 0.333. The molecule has 84 valence electrons. The molecule has 1 aromatic rings. The average molecular weight is 232 g/mol. The highest BCUT2D eigenvalue weighted by atomic mass is 32.2. The number of benzene rings is 1. The van der Waals surface area contributed by atoms with Gasteiger partial charge < -0.3 is 5.32 Å². The Hall–Kier alpha value is -0.980. The summed E-state index contributed by atoms with van der Waals surface area (Å²) in [5.74, 6) is -0.566. The highest BCUT2D eigenvalue weighted by Crippen LogP contribution is 2.16. The highest BCUT2D eigenvalue weighted by Gasteiger charge is 2.16. The van der Waals surface area contributed by atoms with Crippen LogP contribution in [0.3, 0.4) is 0 Å². The van der Waals surface area contributed by atoms with Gasteiger partial charge in [-0.2, -0.15) is 0 Å². The summed E-state index contributed by atoms with van der Waals surface area (Å²) in [5.41, 5.74) is 0.535. The van der Waals surface area contributed by atoms with Crippen molar-refractivity contribution in [3.05, 3.63) is 29.6 Å². The number of halogens is 1. The first-order valence-electron chi connectivity index (χ1n) is 4.38. The van der Waals surface area contributed by atoms with Crippen molar-refractivity contribution in [2.45, 2.75) is 11.4 Å². The lowest BCUT2D eigenvalue weighted by Crippen LogP contribution is -2.21. The maximum atomic E-state index is 12.9. The molecule has 6 heteroatoms. The predicted octanol–water partition coefficient (Wildman–Crippen LogP) is 0.453. The van der Waals surface area contributed by atoms with Gasteiger partial charge in [0.15, 0.2) is 0 Å². The molecular formula is C9H13FN2O2S. The molecule has 0 aromatic heterocycles. The number of nitrogens with one attached hydrogen (secondary N) is 2. The Morgan fingerprint density at radius 2 is 2.00 bits per heavy atom. The zero-order valence-corrected chi connectivity index (χ0v) is 9.36. The fourth-order valence-corrected chi connectivity index (χ4v) is 2.20. The molecule has 2 N–H and O–H groups in total. The first-order valence-corrected chi connectivity index (χ1v) is 5.86. The quantitative estimate of drug-likeness (QED) is 0.792. The summed E-state index contributed by atoms with van der Waals surface area (Å²) in [6, 6.07) is 3.70. The molecular weight excluding hydrogens is 219 g/mol. The van der Waals surface area contributed by atoms with Gasteiger partial charge in [0.25, 0.3) is 0 Å². The zero-order valence-electron chi connectivity index (χ0n) is 8.54. The molecule has 0 unspecified atom stereocenters. The molecule has 0 saturated carbocycles. The lowest BCUT2D eigenvalue weighted by Gasteiger charge is -2.09. The Morgan fingerprint density at radius 3 is 2.53 bits per heavy atom. The van der Waals surface area contributed by atoms with E-state index < -0.39 is 15.8 Å². The Balaban J connectivity index is 3.31. The van der Waals surface area contributed by atoms with Crippen LogP contribution >= 0.6 is 0 Å². The highest BCUT2D eigenvalue weighted by molar-refractivity contribution is 7.89. The van der Waals surface area contributed by atoms with Crippen LogP contribution in [0.4, 0.5) is 4.39 Å². The van der Waals surface area contributed by atoms with E-state index in [1.54, 1.807) is 7.05 Å². The van der Waals surface area contributed by atoms with E-state index in [9.17, 15) is 12.8 Å². The molecule has 1 aromatic carbocycles. The van der Waals surface area contributed by atoms with Crippen molar-refractivity contribution in [3.8, 4) is 0 Å². The second-order valence-corrected chi connectivity index (χ2v) is 4.84. The zero-order chi connectivity index (χ0) is 11.5. The molecule has 0 aliphatic heterocycles. The summed E-state index contributed by atoms with van der Waals surface area (Å²) in [6.07, 6.45) is 0. The first kappa shape index (κ1) is 12.1. The minimum absolute atomic E-state index is 0.0284. The molecule has 15 heavy (non-hydrogen) atoms. The molecule has 0 spiro atoms. The van der Waals surface area contributed by atoms with Crippen LogP contribution in [0.2, 0.25) is 0 Å². The van der Waals surface area contributed by atoms with E-state index in [4.69, 9.17) is 0 Å². The fourth-order valence-electron chi connectivity index (χ4n) is 1.22. The van der Waals surface area contributed by atoms with E-state index in [0.29, 0.717) is 12.1 Å². The number of hydrogen-bond donors (Lipinski definition) is 2. The van der Waals surface area contributed by atoms with E-state index in [2.05, 4.69) is 10.0 Å². The van der Waals surface area contributed by atoms with Crippen LogP contribution in [-0.4, -0.2) is 22.5 Å². The topological polar surface area (TPSA) is 58.2 Å². The van der Waals surface area contributed by atoms with Crippen LogP contribution < -0.4 is 10.0 Å². The minimum atomic E-state index is -3.60. The van der Waals surface area contributed by atoms with Crippen molar-refractivity contribution in [1.82, 2.24) is 10.0 Å². The lowest BCUT2D eigenvalue weighted by molar-refractivity contribution is 0.580. The van der Waals surface area contributed by atoms with E-state index in [0.717, 1.165) is 6.07 Å².